The number of hydrogen-bond acceptors (Lipinski definition) is 3. The molecule has 2 N–H and O–H groups in total. The zero-order valence-electron chi connectivity index (χ0n) is 11.5. The van der Waals surface area contributed by atoms with Crippen LogP contribution in [0.3, 0.4) is 0 Å². The molecular weight excluding hydrogens is 274 g/mol. The monoisotopic (exact) mass is 293 g/mol. The number of aliphatic hydroxyl groups is 1. The molecule has 1 atom stereocenters. The molecule has 0 fully saturated rings. The van der Waals surface area contributed by atoms with E-state index < -0.39 is 6.10 Å². The fourth-order valence-corrected chi connectivity index (χ4v) is 1.85. The van der Waals surface area contributed by atoms with Crippen LogP contribution in [-0.2, 0) is 6.54 Å². The van der Waals surface area contributed by atoms with Crippen molar-refractivity contribution in [2.45, 2.75) is 19.6 Å². The molecule has 3 nitrogen and oxygen atoms in total. The van der Waals surface area contributed by atoms with Crippen molar-refractivity contribution < 1.29 is 9.52 Å². The van der Waals surface area contributed by atoms with Gasteiger partial charge in [0.2, 0.25) is 0 Å². The number of hydrogen-bond donors (Lipinski definition) is 2. The van der Waals surface area contributed by atoms with Crippen molar-refractivity contribution in [1.29, 1.82) is 0 Å². The lowest BCUT2D eigenvalue weighted by molar-refractivity contribution is 0.199. The third-order valence-corrected chi connectivity index (χ3v) is 2.93. The van der Waals surface area contributed by atoms with Gasteiger partial charge in [-0.05, 0) is 24.6 Å². The van der Waals surface area contributed by atoms with Gasteiger partial charge in [-0.2, -0.15) is 0 Å². The molecule has 108 valence electrons. The molecule has 4 heteroatoms. The van der Waals surface area contributed by atoms with Crippen molar-refractivity contribution in [3.05, 3.63) is 60.4 Å². The number of halogens is 1. The molecule has 0 aliphatic heterocycles. The van der Waals surface area contributed by atoms with E-state index in [1.807, 2.05) is 42.5 Å². The summed E-state index contributed by atoms with van der Waals surface area (Å²) in [6.07, 6.45) is 1.38. The number of furan rings is 1. The summed E-state index contributed by atoms with van der Waals surface area (Å²) in [5.74, 6) is 1.74. The Labute approximate surface area is 125 Å². The van der Waals surface area contributed by atoms with E-state index in [9.17, 15) is 5.11 Å². The summed E-state index contributed by atoms with van der Waals surface area (Å²) in [6.45, 7) is 6.86. The molecule has 0 radical (unpaired) electrons. The second-order valence-corrected chi connectivity index (χ2v) is 4.48. The Morgan fingerprint density at radius 2 is 1.95 bits per heavy atom. The molecule has 0 spiro atoms. The van der Waals surface area contributed by atoms with Crippen molar-refractivity contribution in [2.24, 2.45) is 0 Å². The normalized spacial score (nSPS) is 11.7. The van der Waals surface area contributed by atoms with Gasteiger partial charge in [-0.1, -0.05) is 30.3 Å². The average Bonchev–Trinajstić information content (AvgIpc) is 2.88. The number of aliphatic hydroxyl groups excluding tert-OH is 1. The van der Waals surface area contributed by atoms with Crippen LogP contribution in [0.2, 0.25) is 0 Å². The van der Waals surface area contributed by atoms with Crippen LogP contribution in [0, 0.1) is 0 Å². The van der Waals surface area contributed by atoms with Gasteiger partial charge in [0.05, 0.1) is 12.6 Å². The topological polar surface area (TPSA) is 45.4 Å². The Morgan fingerprint density at radius 1 is 1.25 bits per heavy atom. The van der Waals surface area contributed by atoms with E-state index in [4.69, 9.17) is 4.42 Å². The summed E-state index contributed by atoms with van der Waals surface area (Å²) in [5, 5.41) is 12.7. The first-order valence-electron chi connectivity index (χ1n) is 6.39. The SMILES string of the molecule is C=CCNCc1ccc(-c2ccc(C(C)O)cc2)o1.Cl. The molecule has 0 aliphatic carbocycles. The van der Waals surface area contributed by atoms with E-state index in [2.05, 4.69) is 11.9 Å². The molecule has 0 bridgehead atoms. The molecular formula is C16H20ClNO2. The Hall–Kier alpha value is -1.55. The summed E-state index contributed by atoms with van der Waals surface area (Å²) >= 11 is 0. The lowest BCUT2D eigenvalue weighted by Gasteiger charge is -2.05. The van der Waals surface area contributed by atoms with Crippen LogP contribution in [0.4, 0.5) is 0 Å². The van der Waals surface area contributed by atoms with E-state index in [1.54, 1.807) is 6.92 Å². The summed E-state index contributed by atoms with van der Waals surface area (Å²) < 4.78 is 5.76. The van der Waals surface area contributed by atoms with Gasteiger partial charge in [0.25, 0.3) is 0 Å². The Kier molecular flexibility index (Phi) is 6.52. The molecule has 20 heavy (non-hydrogen) atoms. The molecule has 0 saturated heterocycles. The summed E-state index contributed by atoms with van der Waals surface area (Å²) in [5.41, 5.74) is 1.92. The highest BCUT2D eigenvalue weighted by Crippen LogP contribution is 2.24. The fourth-order valence-electron chi connectivity index (χ4n) is 1.85. The first kappa shape index (κ1) is 16.5. The van der Waals surface area contributed by atoms with Gasteiger partial charge in [-0.25, -0.2) is 0 Å². The van der Waals surface area contributed by atoms with E-state index in [-0.39, 0.29) is 12.4 Å². The van der Waals surface area contributed by atoms with Crippen molar-refractivity contribution in [1.82, 2.24) is 5.32 Å². The quantitative estimate of drug-likeness (QED) is 0.630. The predicted octanol–water partition coefficient (Wildman–Crippen LogP) is 3.70. The third-order valence-electron chi connectivity index (χ3n) is 2.93. The van der Waals surface area contributed by atoms with E-state index in [1.165, 1.54) is 0 Å². The minimum Gasteiger partial charge on any atom is -0.460 e. The smallest absolute Gasteiger partial charge is 0.134 e. The van der Waals surface area contributed by atoms with Gasteiger partial charge in [-0.15, -0.1) is 19.0 Å². The van der Waals surface area contributed by atoms with Crippen molar-refractivity contribution in [2.75, 3.05) is 6.54 Å². The van der Waals surface area contributed by atoms with E-state index >= 15 is 0 Å². The van der Waals surface area contributed by atoms with Crippen LogP contribution < -0.4 is 5.32 Å². The molecule has 2 aromatic rings. The molecule has 1 aromatic heterocycles. The van der Waals surface area contributed by atoms with Crippen LogP contribution in [0.25, 0.3) is 11.3 Å². The van der Waals surface area contributed by atoms with Crippen LogP contribution in [-0.4, -0.2) is 11.7 Å². The molecule has 0 saturated carbocycles. The molecule has 1 unspecified atom stereocenters. The van der Waals surface area contributed by atoms with Gasteiger partial charge in [-0.3, -0.25) is 0 Å². The molecule has 1 aromatic carbocycles. The molecule has 2 rings (SSSR count). The fraction of sp³-hybridized carbons (Fsp3) is 0.250. The predicted molar refractivity (Wildman–Crippen MR) is 83.9 cm³/mol. The van der Waals surface area contributed by atoms with Crippen LogP contribution in [0.1, 0.15) is 24.4 Å². The zero-order chi connectivity index (χ0) is 13.7. The van der Waals surface area contributed by atoms with Gasteiger partial charge >= 0.3 is 0 Å². The molecule has 0 amide bonds. The summed E-state index contributed by atoms with van der Waals surface area (Å²) in [7, 11) is 0. The lowest BCUT2D eigenvalue weighted by Crippen LogP contribution is -2.11. The van der Waals surface area contributed by atoms with E-state index in [0.29, 0.717) is 6.54 Å². The first-order valence-corrected chi connectivity index (χ1v) is 6.39. The second-order valence-electron chi connectivity index (χ2n) is 4.48. The second kappa shape index (κ2) is 7.90. The Balaban J connectivity index is 0.00000200. The Bertz CT molecular complexity index is 532. The standard InChI is InChI=1S/C16H19NO2.ClH/c1-3-10-17-11-15-8-9-16(19-15)14-6-4-13(5-7-14)12(2)18;/h3-9,12,17-18H,1,10-11H2,2H3;1H. The van der Waals surface area contributed by atoms with Crippen LogP contribution >= 0.6 is 12.4 Å². The highest BCUT2D eigenvalue weighted by atomic mass is 35.5. The van der Waals surface area contributed by atoms with Crippen LogP contribution in [0.15, 0.2) is 53.5 Å². The Morgan fingerprint density at radius 3 is 2.55 bits per heavy atom. The molecule has 0 aliphatic rings. The summed E-state index contributed by atoms with van der Waals surface area (Å²) in [4.78, 5) is 0. The number of benzene rings is 1. The van der Waals surface area contributed by atoms with Crippen molar-refractivity contribution in [3.8, 4) is 11.3 Å². The van der Waals surface area contributed by atoms with Gasteiger partial charge in [0, 0.05) is 12.1 Å². The lowest BCUT2D eigenvalue weighted by atomic mass is 10.1. The van der Waals surface area contributed by atoms with Gasteiger partial charge in [0.1, 0.15) is 11.5 Å². The maximum absolute atomic E-state index is 9.47. The minimum atomic E-state index is -0.440. The summed E-state index contributed by atoms with van der Waals surface area (Å²) in [6, 6.07) is 11.7. The average molecular weight is 294 g/mol. The largest absolute Gasteiger partial charge is 0.460 e. The van der Waals surface area contributed by atoms with Crippen LogP contribution in [0.5, 0.6) is 0 Å². The minimum absolute atomic E-state index is 0. The highest BCUT2D eigenvalue weighted by molar-refractivity contribution is 5.85. The van der Waals surface area contributed by atoms with E-state index in [0.717, 1.165) is 29.2 Å². The number of rotatable bonds is 6. The van der Waals surface area contributed by atoms with Crippen molar-refractivity contribution >= 4 is 12.4 Å². The van der Waals surface area contributed by atoms with Gasteiger partial charge < -0.3 is 14.8 Å². The number of nitrogens with one attached hydrogen (secondary N) is 1. The highest BCUT2D eigenvalue weighted by Gasteiger charge is 2.06. The van der Waals surface area contributed by atoms with Crippen molar-refractivity contribution in [3.63, 3.8) is 0 Å². The maximum Gasteiger partial charge on any atom is 0.134 e. The third kappa shape index (κ3) is 4.23. The zero-order valence-corrected chi connectivity index (χ0v) is 12.3. The first-order chi connectivity index (χ1) is 9.20. The maximum atomic E-state index is 9.47. The van der Waals surface area contributed by atoms with Gasteiger partial charge in [0.15, 0.2) is 0 Å². The molecule has 1 heterocycles.